The Bertz CT molecular complexity index is 470. The second kappa shape index (κ2) is 4.88. The van der Waals surface area contributed by atoms with Gasteiger partial charge < -0.3 is 14.4 Å². The molecule has 0 amide bonds. The van der Waals surface area contributed by atoms with Crippen molar-refractivity contribution in [2.24, 2.45) is 0 Å². The zero-order valence-electron chi connectivity index (χ0n) is 9.16. The monoisotopic (exact) mass is 305 g/mol. The number of aryl methyl sites for hydroxylation is 1. The van der Waals surface area contributed by atoms with Crippen molar-refractivity contribution in [3.05, 3.63) is 32.7 Å². The molecule has 1 N–H and O–H groups in total. The molecule has 0 bridgehead atoms. The summed E-state index contributed by atoms with van der Waals surface area (Å²) in [5, 5.41) is 8.75. The molecule has 0 unspecified atom stereocenters. The van der Waals surface area contributed by atoms with Gasteiger partial charge in [-0.1, -0.05) is 0 Å². The summed E-state index contributed by atoms with van der Waals surface area (Å²) in [5.74, 6) is 0. The van der Waals surface area contributed by atoms with E-state index >= 15 is 0 Å². The van der Waals surface area contributed by atoms with E-state index in [2.05, 4.69) is 15.9 Å². The number of alkyl halides is 1. The highest BCUT2D eigenvalue weighted by Crippen LogP contribution is 2.32. The molecule has 94 valence electrons. The van der Waals surface area contributed by atoms with E-state index in [0.717, 1.165) is 0 Å². The molecule has 0 radical (unpaired) electrons. The Labute approximate surface area is 106 Å². The first-order valence-corrected chi connectivity index (χ1v) is 6.14. The minimum Gasteiger partial charge on any atom is -0.396 e. The van der Waals surface area contributed by atoms with E-state index in [1.165, 1.54) is 10.6 Å². The van der Waals surface area contributed by atoms with Crippen LogP contribution in [0, 0.1) is 0 Å². The van der Waals surface area contributed by atoms with Crippen molar-refractivity contribution in [1.29, 1.82) is 0 Å². The highest BCUT2D eigenvalue weighted by atomic mass is 79.9. The van der Waals surface area contributed by atoms with Crippen LogP contribution in [0.5, 0.6) is 0 Å². The van der Waals surface area contributed by atoms with Crippen LogP contribution in [0.4, 0.5) is 4.39 Å². The Morgan fingerprint density at radius 1 is 1.59 bits per heavy atom. The second-order valence-electron chi connectivity index (χ2n) is 4.11. The third kappa shape index (κ3) is 2.43. The van der Waals surface area contributed by atoms with Gasteiger partial charge in [0.15, 0.2) is 5.67 Å². The minimum absolute atomic E-state index is 0.00182. The number of hydrogen-bond donors (Lipinski definition) is 1. The van der Waals surface area contributed by atoms with Crippen LogP contribution in [0.3, 0.4) is 0 Å². The van der Waals surface area contributed by atoms with Crippen LogP contribution in [0.2, 0.25) is 0 Å². The summed E-state index contributed by atoms with van der Waals surface area (Å²) in [6, 6.07) is 1.50. The van der Waals surface area contributed by atoms with Gasteiger partial charge in [-0.25, -0.2) is 4.39 Å². The second-order valence-corrected chi connectivity index (χ2v) is 5.02. The summed E-state index contributed by atoms with van der Waals surface area (Å²) in [5.41, 5.74) is -1.90. The fourth-order valence-corrected chi connectivity index (χ4v) is 2.24. The highest BCUT2D eigenvalue weighted by molar-refractivity contribution is 9.10. The van der Waals surface area contributed by atoms with Gasteiger partial charge in [0, 0.05) is 23.8 Å². The molecule has 1 aliphatic heterocycles. The van der Waals surface area contributed by atoms with Crippen molar-refractivity contribution in [3.63, 3.8) is 0 Å². The molecule has 0 aromatic carbocycles. The largest absolute Gasteiger partial charge is 0.396 e. The average Bonchev–Trinajstić information content (AvgIpc) is 2.26. The highest BCUT2D eigenvalue weighted by Gasteiger charge is 2.43. The number of pyridine rings is 1. The molecular formula is C11H13BrFNO3. The maximum absolute atomic E-state index is 14.2. The average molecular weight is 306 g/mol. The number of aliphatic hydroxyl groups excluding tert-OH is 1. The Balaban J connectivity index is 2.39. The SMILES string of the molecule is O=c1c(C2(F)COC2)cc(Br)cn1CCCO. The van der Waals surface area contributed by atoms with Crippen molar-refractivity contribution >= 4 is 15.9 Å². The van der Waals surface area contributed by atoms with Crippen LogP contribution >= 0.6 is 15.9 Å². The molecule has 1 aromatic rings. The van der Waals surface area contributed by atoms with E-state index in [1.807, 2.05) is 0 Å². The zero-order valence-corrected chi connectivity index (χ0v) is 10.7. The zero-order chi connectivity index (χ0) is 12.5. The number of rotatable bonds is 4. The molecule has 2 heterocycles. The molecule has 1 aliphatic rings. The lowest BCUT2D eigenvalue weighted by Crippen LogP contribution is -2.47. The lowest BCUT2D eigenvalue weighted by atomic mass is 9.95. The number of halogens is 2. The van der Waals surface area contributed by atoms with Gasteiger partial charge in [-0.15, -0.1) is 0 Å². The van der Waals surface area contributed by atoms with Gasteiger partial charge in [0.05, 0.1) is 18.8 Å². The summed E-state index contributed by atoms with van der Waals surface area (Å²) in [6.45, 7) is 0.230. The van der Waals surface area contributed by atoms with Gasteiger partial charge in [-0.05, 0) is 28.4 Å². The fraction of sp³-hybridized carbons (Fsp3) is 0.545. The number of aromatic nitrogens is 1. The maximum Gasteiger partial charge on any atom is 0.257 e. The normalized spacial score (nSPS) is 17.8. The van der Waals surface area contributed by atoms with Gasteiger partial charge in [-0.3, -0.25) is 4.79 Å². The lowest BCUT2D eigenvalue weighted by molar-refractivity contribution is -0.136. The molecule has 1 aromatic heterocycles. The standard InChI is InChI=1S/C11H13BrFNO3/c12-8-4-9(11(13)6-17-7-11)10(16)14(5-8)2-1-3-15/h4-5,15H,1-3,6-7H2. The Morgan fingerprint density at radius 2 is 2.29 bits per heavy atom. The van der Waals surface area contributed by atoms with Crippen LogP contribution < -0.4 is 5.56 Å². The summed E-state index contributed by atoms with van der Waals surface area (Å²) >= 11 is 3.26. The van der Waals surface area contributed by atoms with Crippen molar-refractivity contribution in [2.75, 3.05) is 19.8 Å². The van der Waals surface area contributed by atoms with Crippen molar-refractivity contribution in [3.8, 4) is 0 Å². The fourth-order valence-electron chi connectivity index (χ4n) is 1.76. The Kier molecular flexibility index (Phi) is 3.65. The molecule has 2 rings (SSSR count). The molecule has 1 fully saturated rings. The van der Waals surface area contributed by atoms with Crippen LogP contribution in [0.1, 0.15) is 12.0 Å². The maximum atomic E-state index is 14.2. The third-order valence-corrected chi connectivity index (χ3v) is 3.19. The van der Waals surface area contributed by atoms with Gasteiger partial charge in [-0.2, -0.15) is 0 Å². The van der Waals surface area contributed by atoms with E-state index < -0.39 is 5.67 Å². The summed E-state index contributed by atoms with van der Waals surface area (Å²) in [7, 11) is 0. The van der Waals surface area contributed by atoms with E-state index in [-0.39, 0.29) is 30.9 Å². The van der Waals surface area contributed by atoms with Crippen molar-refractivity contribution < 1.29 is 14.2 Å². The Morgan fingerprint density at radius 3 is 2.82 bits per heavy atom. The van der Waals surface area contributed by atoms with Crippen LogP contribution in [0.15, 0.2) is 21.5 Å². The smallest absolute Gasteiger partial charge is 0.257 e. The molecule has 1 saturated heterocycles. The predicted molar refractivity (Wildman–Crippen MR) is 63.7 cm³/mol. The molecule has 0 atom stereocenters. The predicted octanol–water partition coefficient (Wildman–Crippen LogP) is 1.19. The van der Waals surface area contributed by atoms with Gasteiger partial charge >= 0.3 is 0 Å². The van der Waals surface area contributed by atoms with Crippen molar-refractivity contribution in [2.45, 2.75) is 18.6 Å². The van der Waals surface area contributed by atoms with Gasteiger partial charge in [0.1, 0.15) is 0 Å². The first kappa shape index (κ1) is 12.7. The quantitative estimate of drug-likeness (QED) is 0.909. The van der Waals surface area contributed by atoms with E-state index in [1.54, 1.807) is 6.20 Å². The first-order chi connectivity index (χ1) is 8.07. The lowest BCUT2D eigenvalue weighted by Gasteiger charge is -2.33. The minimum atomic E-state index is -1.66. The molecule has 6 heteroatoms. The molecule has 17 heavy (non-hydrogen) atoms. The van der Waals surface area contributed by atoms with Crippen LogP contribution in [0.25, 0.3) is 0 Å². The molecule has 0 spiro atoms. The van der Waals surface area contributed by atoms with Gasteiger partial charge in [0.25, 0.3) is 5.56 Å². The summed E-state index contributed by atoms with van der Waals surface area (Å²) in [6.07, 6.45) is 2.07. The molecule has 4 nitrogen and oxygen atoms in total. The first-order valence-electron chi connectivity index (χ1n) is 5.35. The van der Waals surface area contributed by atoms with Crippen LogP contribution in [-0.2, 0) is 17.0 Å². The van der Waals surface area contributed by atoms with Crippen molar-refractivity contribution in [1.82, 2.24) is 4.57 Å². The number of hydrogen-bond acceptors (Lipinski definition) is 3. The third-order valence-electron chi connectivity index (χ3n) is 2.75. The van der Waals surface area contributed by atoms with E-state index in [9.17, 15) is 9.18 Å². The number of aliphatic hydroxyl groups is 1. The number of nitrogens with zero attached hydrogens (tertiary/aromatic N) is 1. The van der Waals surface area contributed by atoms with Crippen LogP contribution in [-0.4, -0.2) is 29.5 Å². The van der Waals surface area contributed by atoms with Gasteiger partial charge in [0.2, 0.25) is 0 Å². The summed E-state index contributed by atoms with van der Waals surface area (Å²) < 4.78 is 21.1. The molecule has 0 saturated carbocycles. The number of ether oxygens (including phenoxy) is 1. The Hall–Kier alpha value is -0.720. The molecular weight excluding hydrogens is 293 g/mol. The topological polar surface area (TPSA) is 51.5 Å². The van der Waals surface area contributed by atoms with E-state index in [4.69, 9.17) is 9.84 Å². The molecule has 0 aliphatic carbocycles. The summed E-state index contributed by atoms with van der Waals surface area (Å²) in [4.78, 5) is 12.0. The van der Waals surface area contributed by atoms with E-state index in [0.29, 0.717) is 17.4 Å².